The van der Waals surface area contributed by atoms with Gasteiger partial charge in [0.2, 0.25) is 10.0 Å². The van der Waals surface area contributed by atoms with Gasteiger partial charge in [0.05, 0.1) is 31.7 Å². The van der Waals surface area contributed by atoms with E-state index < -0.39 is 15.6 Å². The molecule has 0 heterocycles. The Balaban J connectivity index is 0.00000338. The van der Waals surface area contributed by atoms with Gasteiger partial charge in [0.15, 0.2) is 11.5 Å². The van der Waals surface area contributed by atoms with E-state index in [2.05, 4.69) is 10.0 Å². The molecule has 0 unspecified atom stereocenters. The molecular formula is C16H26ClN3O5S. The highest BCUT2D eigenvalue weighted by atomic mass is 35.5. The molecule has 0 atom stereocenters. The third-order valence-corrected chi connectivity index (χ3v) is 4.96. The Morgan fingerprint density at radius 1 is 1.23 bits per heavy atom. The van der Waals surface area contributed by atoms with Crippen LogP contribution >= 0.6 is 12.4 Å². The molecule has 4 N–H and O–H groups in total. The standard InChI is InChI=1S/C16H25N3O5S.ClH/c1-23-13-9-11(8-12(14(13)24-2)19-25(3,21)22)15(20)18-16(10-17)6-4-5-7-16;/h8-9,19H,4-7,10,17H2,1-3H3,(H,18,20);1H. The Bertz CT molecular complexity index is 748. The number of nitrogens with one attached hydrogen (secondary N) is 2. The first-order valence-electron chi connectivity index (χ1n) is 8.00. The summed E-state index contributed by atoms with van der Waals surface area (Å²) in [7, 11) is -0.739. The maximum atomic E-state index is 12.7. The topological polar surface area (TPSA) is 120 Å². The highest BCUT2D eigenvalue weighted by Crippen LogP contribution is 2.37. The number of ether oxygens (including phenoxy) is 2. The minimum atomic E-state index is -3.55. The minimum absolute atomic E-state index is 0. The zero-order chi connectivity index (χ0) is 18.7. The molecule has 0 aromatic heterocycles. The van der Waals surface area contributed by atoms with Gasteiger partial charge in [0, 0.05) is 12.1 Å². The van der Waals surface area contributed by atoms with E-state index in [0.29, 0.717) is 6.54 Å². The maximum Gasteiger partial charge on any atom is 0.251 e. The molecule has 0 radical (unpaired) electrons. The Hall–Kier alpha value is -1.71. The number of rotatable bonds is 7. The molecule has 0 bridgehead atoms. The molecule has 8 nitrogen and oxygen atoms in total. The summed E-state index contributed by atoms with van der Waals surface area (Å²) in [6, 6.07) is 2.94. The van der Waals surface area contributed by atoms with Gasteiger partial charge in [0.25, 0.3) is 5.91 Å². The first kappa shape index (κ1) is 22.3. The summed E-state index contributed by atoms with van der Waals surface area (Å²) in [5.74, 6) is 0.137. The highest BCUT2D eigenvalue weighted by Gasteiger charge is 2.34. The van der Waals surface area contributed by atoms with Crippen molar-refractivity contribution in [3.63, 3.8) is 0 Å². The van der Waals surface area contributed by atoms with Gasteiger partial charge in [-0.15, -0.1) is 12.4 Å². The lowest BCUT2D eigenvalue weighted by molar-refractivity contribution is 0.0902. The van der Waals surface area contributed by atoms with E-state index >= 15 is 0 Å². The smallest absolute Gasteiger partial charge is 0.251 e. The largest absolute Gasteiger partial charge is 0.493 e. The van der Waals surface area contributed by atoms with Crippen LogP contribution in [0.5, 0.6) is 11.5 Å². The zero-order valence-corrected chi connectivity index (χ0v) is 16.8. The van der Waals surface area contributed by atoms with Crippen LogP contribution in [0.3, 0.4) is 0 Å². The van der Waals surface area contributed by atoms with Gasteiger partial charge >= 0.3 is 0 Å². The van der Waals surface area contributed by atoms with Crippen molar-refractivity contribution in [2.24, 2.45) is 5.73 Å². The fraction of sp³-hybridized carbons (Fsp3) is 0.562. The van der Waals surface area contributed by atoms with Crippen LogP contribution in [-0.2, 0) is 10.0 Å². The number of anilines is 1. The van der Waals surface area contributed by atoms with Crippen LogP contribution in [0.25, 0.3) is 0 Å². The Morgan fingerprint density at radius 3 is 2.31 bits per heavy atom. The van der Waals surface area contributed by atoms with Gasteiger partial charge in [-0.3, -0.25) is 9.52 Å². The van der Waals surface area contributed by atoms with Crippen LogP contribution in [0.15, 0.2) is 12.1 Å². The highest BCUT2D eigenvalue weighted by molar-refractivity contribution is 7.92. The van der Waals surface area contributed by atoms with Crippen LogP contribution in [0.4, 0.5) is 5.69 Å². The van der Waals surface area contributed by atoms with E-state index in [1.165, 1.54) is 26.4 Å². The molecule has 0 saturated heterocycles. The maximum absolute atomic E-state index is 12.7. The lowest BCUT2D eigenvalue weighted by atomic mass is 9.97. The third kappa shape index (κ3) is 5.15. The molecular weight excluding hydrogens is 382 g/mol. The van der Waals surface area contributed by atoms with Gasteiger partial charge in [0.1, 0.15) is 0 Å². The molecule has 10 heteroatoms. The zero-order valence-electron chi connectivity index (χ0n) is 15.1. The van der Waals surface area contributed by atoms with Crippen LogP contribution in [0.2, 0.25) is 0 Å². The van der Waals surface area contributed by atoms with Crippen molar-refractivity contribution >= 4 is 34.0 Å². The van der Waals surface area contributed by atoms with Crippen molar-refractivity contribution in [1.29, 1.82) is 0 Å². The van der Waals surface area contributed by atoms with E-state index in [9.17, 15) is 13.2 Å². The van der Waals surface area contributed by atoms with Crippen molar-refractivity contribution in [3.05, 3.63) is 17.7 Å². The lowest BCUT2D eigenvalue weighted by Gasteiger charge is -2.29. The number of nitrogens with two attached hydrogens (primary N) is 1. The molecule has 1 saturated carbocycles. The SMILES string of the molecule is COc1cc(C(=O)NC2(CN)CCCC2)cc(NS(C)(=O)=O)c1OC.Cl. The number of carbonyl (C=O) groups excluding carboxylic acids is 1. The van der Waals surface area contributed by atoms with Crippen molar-refractivity contribution in [2.75, 3.05) is 31.7 Å². The molecule has 1 amide bonds. The second kappa shape index (κ2) is 8.79. The molecule has 1 aliphatic rings. The number of hydrogen-bond donors (Lipinski definition) is 3. The molecule has 0 aliphatic heterocycles. The Labute approximate surface area is 160 Å². The summed E-state index contributed by atoms with van der Waals surface area (Å²) in [6.07, 6.45) is 4.72. The summed E-state index contributed by atoms with van der Waals surface area (Å²) >= 11 is 0. The second-order valence-electron chi connectivity index (χ2n) is 6.28. The van der Waals surface area contributed by atoms with E-state index in [1.54, 1.807) is 0 Å². The molecule has 2 rings (SSSR count). The summed E-state index contributed by atoms with van der Waals surface area (Å²) in [4.78, 5) is 12.7. The Morgan fingerprint density at radius 2 is 1.85 bits per heavy atom. The molecule has 1 aromatic rings. The summed E-state index contributed by atoms with van der Waals surface area (Å²) in [5.41, 5.74) is 5.86. The van der Waals surface area contributed by atoms with Gasteiger partial charge in [-0.1, -0.05) is 12.8 Å². The number of halogens is 1. The molecule has 1 aromatic carbocycles. The van der Waals surface area contributed by atoms with Crippen molar-refractivity contribution in [1.82, 2.24) is 5.32 Å². The quantitative estimate of drug-likeness (QED) is 0.630. The molecule has 0 spiro atoms. The first-order chi connectivity index (χ1) is 11.7. The summed E-state index contributed by atoms with van der Waals surface area (Å²) in [5, 5.41) is 3.00. The predicted octanol–water partition coefficient (Wildman–Crippen LogP) is 1.50. The first-order valence-corrected chi connectivity index (χ1v) is 9.89. The van der Waals surface area contributed by atoms with Crippen LogP contribution in [0.1, 0.15) is 36.0 Å². The number of benzene rings is 1. The number of amides is 1. The van der Waals surface area contributed by atoms with Gasteiger partial charge < -0.3 is 20.5 Å². The number of hydrogen-bond acceptors (Lipinski definition) is 6. The van der Waals surface area contributed by atoms with Gasteiger partial charge in [-0.05, 0) is 25.0 Å². The average Bonchev–Trinajstić information content (AvgIpc) is 3.01. The van der Waals surface area contributed by atoms with Crippen molar-refractivity contribution < 1.29 is 22.7 Å². The average molecular weight is 408 g/mol. The monoisotopic (exact) mass is 407 g/mol. The van der Waals surface area contributed by atoms with Crippen LogP contribution < -0.4 is 25.2 Å². The third-order valence-electron chi connectivity index (χ3n) is 4.37. The predicted molar refractivity (Wildman–Crippen MR) is 103 cm³/mol. The van der Waals surface area contributed by atoms with E-state index in [0.717, 1.165) is 31.9 Å². The number of carbonyl (C=O) groups is 1. The number of sulfonamides is 1. The Kier molecular flexibility index (Phi) is 7.55. The van der Waals surface area contributed by atoms with Gasteiger partial charge in [-0.2, -0.15) is 0 Å². The second-order valence-corrected chi connectivity index (χ2v) is 8.03. The molecule has 1 fully saturated rings. The van der Waals surface area contributed by atoms with E-state index in [-0.39, 0.29) is 41.1 Å². The van der Waals surface area contributed by atoms with Crippen LogP contribution in [-0.4, -0.2) is 46.9 Å². The van der Waals surface area contributed by atoms with Gasteiger partial charge in [-0.25, -0.2) is 8.42 Å². The van der Waals surface area contributed by atoms with E-state index in [1.807, 2.05) is 0 Å². The van der Waals surface area contributed by atoms with E-state index in [4.69, 9.17) is 15.2 Å². The molecule has 1 aliphatic carbocycles. The molecule has 26 heavy (non-hydrogen) atoms. The summed E-state index contributed by atoms with van der Waals surface area (Å²) in [6.45, 7) is 0.362. The fourth-order valence-corrected chi connectivity index (χ4v) is 3.67. The summed E-state index contributed by atoms with van der Waals surface area (Å²) < 4.78 is 36.0. The van der Waals surface area contributed by atoms with Crippen LogP contribution in [0, 0.1) is 0 Å². The van der Waals surface area contributed by atoms with Crippen molar-refractivity contribution in [3.8, 4) is 11.5 Å². The minimum Gasteiger partial charge on any atom is -0.493 e. The normalized spacial score (nSPS) is 15.7. The number of methoxy groups -OCH3 is 2. The fourth-order valence-electron chi connectivity index (χ4n) is 3.12. The molecule has 148 valence electrons. The lowest BCUT2D eigenvalue weighted by Crippen LogP contribution is -2.51. The van der Waals surface area contributed by atoms with Crippen molar-refractivity contribution in [2.45, 2.75) is 31.2 Å².